The van der Waals surface area contributed by atoms with Crippen LogP contribution in [0.5, 0.6) is 0 Å². The van der Waals surface area contributed by atoms with Crippen molar-refractivity contribution in [2.45, 2.75) is 19.9 Å². The fourth-order valence-corrected chi connectivity index (χ4v) is 1.61. The van der Waals surface area contributed by atoms with Crippen LogP contribution in [0.15, 0.2) is 30.4 Å². The first kappa shape index (κ1) is 12.7. The topological polar surface area (TPSA) is 29.3 Å². The van der Waals surface area contributed by atoms with Gasteiger partial charge in [0.15, 0.2) is 0 Å². The first-order valence-corrected chi connectivity index (χ1v) is 5.32. The van der Waals surface area contributed by atoms with E-state index in [4.69, 9.17) is 5.73 Å². The SMILES string of the molecule is C=C(C)CN(C)c1ccc(C(C)N)cc1F. The van der Waals surface area contributed by atoms with Crippen LogP contribution in [0.3, 0.4) is 0 Å². The Bertz CT molecular complexity index is 386. The summed E-state index contributed by atoms with van der Waals surface area (Å²) in [5.41, 5.74) is 8.08. The first-order chi connectivity index (χ1) is 7.41. The van der Waals surface area contributed by atoms with Crippen molar-refractivity contribution in [2.75, 3.05) is 18.5 Å². The smallest absolute Gasteiger partial charge is 0.146 e. The molecule has 2 nitrogen and oxygen atoms in total. The predicted octanol–water partition coefficient (Wildman–Crippen LogP) is 2.86. The van der Waals surface area contributed by atoms with Crippen LogP contribution in [0, 0.1) is 5.82 Å². The number of likely N-dealkylation sites (N-methyl/N-ethyl adjacent to an activating group) is 1. The van der Waals surface area contributed by atoms with Crippen molar-refractivity contribution < 1.29 is 4.39 Å². The van der Waals surface area contributed by atoms with Gasteiger partial charge in [0.2, 0.25) is 0 Å². The van der Waals surface area contributed by atoms with Gasteiger partial charge in [-0.2, -0.15) is 0 Å². The standard InChI is InChI=1S/C13H19FN2/c1-9(2)8-16(4)13-6-5-11(10(3)15)7-12(13)14/h5-7,10H,1,8,15H2,2-4H3. The van der Waals surface area contributed by atoms with E-state index in [0.717, 1.165) is 11.1 Å². The molecule has 0 aromatic heterocycles. The van der Waals surface area contributed by atoms with Gasteiger partial charge in [-0.25, -0.2) is 4.39 Å². The number of anilines is 1. The lowest BCUT2D eigenvalue weighted by atomic mass is 10.1. The van der Waals surface area contributed by atoms with E-state index in [-0.39, 0.29) is 11.9 Å². The van der Waals surface area contributed by atoms with E-state index in [1.54, 1.807) is 6.07 Å². The Balaban J connectivity index is 2.94. The van der Waals surface area contributed by atoms with Gasteiger partial charge in [-0.05, 0) is 31.5 Å². The van der Waals surface area contributed by atoms with Gasteiger partial charge in [0.1, 0.15) is 5.82 Å². The third-order valence-corrected chi connectivity index (χ3v) is 2.42. The molecular weight excluding hydrogens is 203 g/mol. The number of nitrogens with two attached hydrogens (primary N) is 1. The Kier molecular flexibility index (Phi) is 4.07. The van der Waals surface area contributed by atoms with E-state index in [9.17, 15) is 4.39 Å². The molecule has 0 amide bonds. The van der Waals surface area contributed by atoms with Gasteiger partial charge in [0, 0.05) is 19.6 Å². The second-order valence-corrected chi connectivity index (χ2v) is 4.31. The van der Waals surface area contributed by atoms with Crippen molar-refractivity contribution in [2.24, 2.45) is 5.73 Å². The molecule has 0 radical (unpaired) electrons. The minimum absolute atomic E-state index is 0.144. The molecule has 0 aliphatic heterocycles. The molecule has 16 heavy (non-hydrogen) atoms. The third kappa shape index (κ3) is 3.07. The summed E-state index contributed by atoms with van der Waals surface area (Å²) >= 11 is 0. The largest absolute Gasteiger partial charge is 0.368 e. The summed E-state index contributed by atoms with van der Waals surface area (Å²) in [6.45, 7) is 8.22. The Morgan fingerprint density at radius 3 is 2.62 bits per heavy atom. The molecule has 0 saturated heterocycles. The van der Waals surface area contributed by atoms with Crippen molar-refractivity contribution in [3.8, 4) is 0 Å². The van der Waals surface area contributed by atoms with E-state index in [0.29, 0.717) is 12.2 Å². The highest BCUT2D eigenvalue weighted by Crippen LogP contribution is 2.22. The van der Waals surface area contributed by atoms with Gasteiger partial charge < -0.3 is 10.6 Å². The predicted molar refractivity (Wildman–Crippen MR) is 67.1 cm³/mol. The quantitative estimate of drug-likeness (QED) is 0.794. The van der Waals surface area contributed by atoms with Crippen LogP contribution in [-0.2, 0) is 0 Å². The van der Waals surface area contributed by atoms with Gasteiger partial charge >= 0.3 is 0 Å². The molecule has 3 heteroatoms. The summed E-state index contributed by atoms with van der Waals surface area (Å²) in [6, 6.07) is 4.97. The lowest BCUT2D eigenvalue weighted by Crippen LogP contribution is -2.20. The highest BCUT2D eigenvalue weighted by Gasteiger charge is 2.09. The minimum atomic E-state index is -0.237. The number of hydrogen-bond acceptors (Lipinski definition) is 2. The average molecular weight is 222 g/mol. The van der Waals surface area contributed by atoms with Gasteiger partial charge in [-0.3, -0.25) is 0 Å². The molecule has 0 heterocycles. The second kappa shape index (κ2) is 5.12. The summed E-state index contributed by atoms with van der Waals surface area (Å²) < 4.78 is 13.8. The molecule has 1 aromatic rings. The van der Waals surface area contributed by atoms with E-state index in [1.807, 2.05) is 31.9 Å². The van der Waals surface area contributed by atoms with Gasteiger partial charge in [0.25, 0.3) is 0 Å². The summed E-state index contributed by atoms with van der Waals surface area (Å²) in [6.07, 6.45) is 0. The van der Waals surface area contributed by atoms with Crippen molar-refractivity contribution >= 4 is 5.69 Å². The van der Waals surface area contributed by atoms with Crippen LogP contribution in [0.25, 0.3) is 0 Å². The number of rotatable bonds is 4. The number of halogens is 1. The number of benzene rings is 1. The highest BCUT2D eigenvalue weighted by atomic mass is 19.1. The van der Waals surface area contributed by atoms with Crippen LogP contribution >= 0.6 is 0 Å². The van der Waals surface area contributed by atoms with E-state index >= 15 is 0 Å². The Hall–Kier alpha value is -1.35. The summed E-state index contributed by atoms with van der Waals surface area (Å²) in [5, 5.41) is 0. The van der Waals surface area contributed by atoms with Gasteiger partial charge in [-0.1, -0.05) is 18.2 Å². The molecule has 0 aliphatic rings. The third-order valence-electron chi connectivity index (χ3n) is 2.42. The summed E-state index contributed by atoms with van der Waals surface area (Å²) in [5.74, 6) is -0.237. The molecule has 1 atom stereocenters. The Morgan fingerprint density at radius 1 is 1.56 bits per heavy atom. The fourth-order valence-electron chi connectivity index (χ4n) is 1.61. The molecule has 2 N–H and O–H groups in total. The van der Waals surface area contributed by atoms with Crippen LogP contribution in [0.1, 0.15) is 25.5 Å². The van der Waals surface area contributed by atoms with Gasteiger partial charge in [-0.15, -0.1) is 0 Å². The normalized spacial score (nSPS) is 12.3. The Labute approximate surface area is 96.6 Å². The van der Waals surface area contributed by atoms with E-state index < -0.39 is 0 Å². The zero-order chi connectivity index (χ0) is 12.3. The lowest BCUT2D eigenvalue weighted by Gasteiger charge is -2.20. The number of nitrogens with zero attached hydrogens (tertiary/aromatic N) is 1. The molecule has 0 fully saturated rings. The molecular formula is C13H19FN2. The van der Waals surface area contributed by atoms with Crippen molar-refractivity contribution in [3.05, 3.63) is 41.7 Å². The summed E-state index contributed by atoms with van der Waals surface area (Å²) in [7, 11) is 1.85. The maximum Gasteiger partial charge on any atom is 0.146 e. The van der Waals surface area contributed by atoms with Crippen LogP contribution in [-0.4, -0.2) is 13.6 Å². The maximum absolute atomic E-state index is 13.8. The van der Waals surface area contributed by atoms with Crippen LogP contribution in [0.4, 0.5) is 10.1 Å². The van der Waals surface area contributed by atoms with Crippen LogP contribution < -0.4 is 10.6 Å². The molecule has 1 rings (SSSR count). The first-order valence-electron chi connectivity index (χ1n) is 5.32. The number of hydrogen-bond donors (Lipinski definition) is 1. The molecule has 0 spiro atoms. The Morgan fingerprint density at radius 2 is 2.19 bits per heavy atom. The highest BCUT2D eigenvalue weighted by molar-refractivity contribution is 5.49. The fraction of sp³-hybridized carbons (Fsp3) is 0.385. The molecule has 0 bridgehead atoms. The second-order valence-electron chi connectivity index (χ2n) is 4.31. The van der Waals surface area contributed by atoms with Crippen molar-refractivity contribution in [1.82, 2.24) is 0 Å². The zero-order valence-corrected chi connectivity index (χ0v) is 10.1. The molecule has 0 saturated carbocycles. The lowest BCUT2D eigenvalue weighted by molar-refractivity contribution is 0.619. The van der Waals surface area contributed by atoms with Gasteiger partial charge in [0.05, 0.1) is 5.69 Å². The maximum atomic E-state index is 13.8. The summed E-state index contributed by atoms with van der Waals surface area (Å²) in [4.78, 5) is 1.84. The zero-order valence-electron chi connectivity index (χ0n) is 10.1. The molecule has 1 unspecified atom stereocenters. The van der Waals surface area contributed by atoms with Crippen molar-refractivity contribution in [1.29, 1.82) is 0 Å². The monoisotopic (exact) mass is 222 g/mol. The van der Waals surface area contributed by atoms with Crippen molar-refractivity contribution in [3.63, 3.8) is 0 Å². The average Bonchev–Trinajstić information content (AvgIpc) is 2.15. The molecule has 1 aromatic carbocycles. The van der Waals surface area contributed by atoms with E-state index in [1.165, 1.54) is 6.07 Å². The minimum Gasteiger partial charge on any atom is -0.368 e. The molecule has 88 valence electrons. The van der Waals surface area contributed by atoms with E-state index in [2.05, 4.69) is 6.58 Å². The van der Waals surface area contributed by atoms with Crippen LogP contribution in [0.2, 0.25) is 0 Å². The molecule has 0 aliphatic carbocycles.